The van der Waals surface area contributed by atoms with Crippen molar-refractivity contribution in [3.63, 3.8) is 0 Å². The Morgan fingerprint density at radius 1 is 1.37 bits per heavy atom. The molecule has 0 aliphatic rings. The van der Waals surface area contributed by atoms with Crippen molar-refractivity contribution in [2.45, 2.75) is 38.0 Å². The van der Waals surface area contributed by atoms with Crippen LogP contribution in [0.4, 0.5) is 0 Å². The van der Waals surface area contributed by atoms with Crippen LogP contribution in [0.2, 0.25) is 0 Å². The lowest BCUT2D eigenvalue weighted by atomic mass is 9.93. The molecule has 0 fully saturated rings. The van der Waals surface area contributed by atoms with Gasteiger partial charge in [-0.1, -0.05) is 13.8 Å². The van der Waals surface area contributed by atoms with Crippen LogP contribution in [0, 0.1) is 0 Å². The van der Waals surface area contributed by atoms with E-state index in [2.05, 4.69) is 5.32 Å². The van der Waals surface area contributed by atoms with Crippen LogP contribution in [0.5, 0.6) is 0 Å². The number of rotatable bonds is 7. The smallest absolute Gasteiger partial charge is 0.329 e. The van der Waals surface area contributed by atoms with E-state index in [1.165, 1.54) is 0 Å². The second kappa shape index (κ2) is 6.65. The molecule has 0 aliphatic carbocycles. The Labute approximate surface area is 116 Å². The largest absolute Gasteiger partial charge is 0.480 e. The summed E-state index contributed by atoms with van der Waals surface area (Å²) in [6.07, 6.45) is 2.58. The molecule has 1 rings (SSSR count). The third-order valence-electron chi connectivity index (χ3n) is 3.14. The molecule has 1 amide bonds. The van der Waals surface area contributed by atoms with E-state index < -0.39 is 17.4 Å². The van der Waals surface area contributed by atoms with Gasteiger partial charge in [0, 0.05) is 0 Å². The number of thioether (sulfide) groups is 1. The first-order valence-corrected chi connectivity index (χ1v) is 7.52. The second-order valence-electron chi connectivity index (χ2n) is 4.25. The maximum Gasteiger partial charge on any atom is 0.329 e. The van der Waals surface area contributed by atoms with E-state index in [4.69, 9.17) is 4.42 Å². The van der Waals surface area contributed by atoms with Gasteiger partial charge in [0.1, 0.15) is 11.3 Å². The minimum atomic E-state index is -1.23. The summed E-state index contributed by atoms with van der Waals surface area (Å²) in [5, 5.41) is 11.8. The Bertz CT molecular complexity index is 451. The van der Waals surface area contributed by atoms with Crippen LogP contribution in [-0.2, 0) is 10.5 Å². The molecule has 0 aliphatic heterocycles. The minimum Gasteiger partial charge on any atom is -0.480 e. The summed E-state index contributed by atoms with van der Waals surface area (Å²) < 4.78 is 5.37. The van der Waals surface area contributed by atoms with E-state index in [0.717, 1.165) is 0 Å². The van der Waals surface area contributed by atoms with E-state index in [0.29, 0.717) is 24.4 Å². The predicted molar refractivity (Wildman–Crippen MR) is 74.3 cm³/mol. The number of aliphatic carboxylic acids is 1. The Hall–Kier alpha value is -1.43. The number of hydrogen-bond acceptors (Lipinski definition) is 4. The number of nitrogens with one attached hydrogen (secondary N) is 1. The van der Waals surface area contributed by atoms with E-state index in [-0.39, 0.29) is 5.76 Å². The fourth-order valence-electron chi connectivity index (χ4n) is 1.78. The zero-order valence-electron chi connectivity index (χ0n) is 11.4. The lowest BCUT2D eigenvalue weighted by molar-refractivity contribution is -0.144. The monoisotopic (exact) mass is 285 g/mol. The minimum absolute atomic E-state index is 0.150. The first-order chi connectivity index (χ1) is 8.99. The molecule has 0 atom stereocenters. The highest BCUT2D eigenvalue weighted by Gasteiger charge is 2.37. The number of amides is 1. The van der Waals surface area contributed by atoms with Gasteiger partial charge in [-0.25, -0.2) is 4.79 Å². The summed E-state index contributed by atoms with van der Waals surface area (Å²) in [5.41, 5.74) is -1.23. The molecule has 1 aromatic rings. The summed E-state index contributed by atoms with van der Waals surface area (Å²) in [6.45, 7) is 3.47. The molecular formula is C13H19NO4S. The zero-order chi connectivity index (χ0) is 14.5. The summed E-state index contributed by atoms with van der Waals surface area (Å²) in [4.78, 5) is 23.3. The highest BCUT2D eigenvalue weighted by Crippen LogP contribution is 2.18. The molecule has 0 aromatic carbocycles. The number of carbonyl (C=O) groups is 2. The number of carboxylic acids is 1. The van der Waals surface area contributed by atoms with Crippen LogP contribution in [0.1, 0.15) is 43.0 Å². The van der Waals surface area contributed by atoms with Crippen LogP contribution in [0.25, 0.3) is 0 Å². The third kappa shape index (κ3) is 3.53. The number of furan rings is 1. The Morgan fingerprint density at radius 3 is 2.47 bits per heavy atom. The molecule has 0 unspecified atom stereocenters. The molecule has 6 heteroatoms. The van der Waals surface area contributed by atoms with Crippen molar-refractivity contribution in [3.05, 3.63) is 23.7 Å². The zero-order valence-corrected chi connectivity index (χ0v) is 12.2. The van der Waals surface area contributed by atoms with Crippen LogP contribution in [-0.4, -0.2) is 28.8 Å². The summed E-state index contributed by atoms with van der Waals surface area (Å²) in [5.74, 6) is 0.0159. The van der Waals surface area contributed by atoms with Gasteiger partial charge >= 0.3 is 5.97 Å². The van der Waals surface area contributed by atoms with Gasteiger partial charge in [0.05, 0.1) is 5.75 Å². The molecule has 0 bridgehead atoms. The van der Waals surface area contributed by atoms with Crippen molar-refractivity contribution >= 4 is 23.6 Å². The molecule has 0 radical (unpaired) electrons. The lowest BCUT2D eigenvalue weighted by Gasteiger charge is -2.27. The first-order valence-electron chi connectivity index (χ1n) is 6.12. The molecule has 2 N–H and O–H groups in total. The number of carbonyl (C=O) groups excluding carboxylic acids is 1. The normalized spacial score (nSPS) is 11.3. The van der Waals surface area contributed by atoms with Crippen LogP contribution in [0.3, 0.4) is 0 Å². The SMILES string of the molecule is CCC(CC)(NC(=O)c1ccc(CSC)o1)C(=O)O. The Morgan fingerprint density at radius 2 is 2.00 bits per heavy atom. The molecule has 0 spiro atoms. The molecule has 1 aromatic heterocycles. The van der Waals surface area contributed by atoms with Crippen molar-refractivity contribution in [1.29, 1.82) is 0 Å². The lowest BCUT2D eigenvalue weighted by Crippen LogP contribution is -2.53. The van der Waals surface area contributed by atoms with Crippen molar-refractivity contribution < 1.29 is 19.1 Å². The van der Waals surface area contributed by atoms with Crippen molar-refractivity contribution in [2.24, 2.45) is 0 Å². The molecule has 1 heterocycles. The second-order valence-corrected chi connectivity index (χ2v) is 5.11. The van der Waals surface area contributed by atoms with Crippen molar-refractivity contribution in [3.8, 4) is 0 Å². The molecule has 0 saturated heterocycles. The van der Waals surface area contributed by atoms with Gasteiger partial charge in [-0.05, 0) is 31.2 Å². The van der Waals surface area contributed by atoms with E-state index in [1.54, 1.807) is 37.7 Å². The van der Waals surface area contributed by atoms with Crippen molar-refractivity contribution in [2.75, 3.05) is 6.26 Å². The molecular weight excluding hydrogens is 266 g/mol. The molecule has 0 saturated carbocycles. The van der Waals surface area contributed by atoms with Gasteiger partial charge in [0.2, 0.25) is 0 Å². The molecule has 5 nitrogen and oxygen atoms in total. The van der Waals surface area contributed by atoms with Gasteiger partial charge in [-0.3, -0.25) is 4.79 Å². The van der Waals surface area contributed by atoms with Crippen LogP contribution >= 0.6 is 11.8 Å². The number of hydrogen-bond donors (Lipinski definition) is 2. The third-order valence-corrected chi connectivity index (χ3v) is 3.71. The average molecular weight is 285 g/mol. The Balaban J connectivity index is 2.84. The van der Waals surface area contributed by atoms with Crippen LogP contribution in [0.15, 0.2) is 16.5 Å². The van der Waals surface area contributed by atoms with Gasteiger partial charge in [0.25, 0.3) is 5.91 Å². The molecule has 106 valence electrons. The van der Waals surface area contributed by atoms with Gasteiger partial charge in [-0.15, -0.1) is 0 Å². The topological polar surface area (TPSA) is 79.5 Å². The average Bonchev–Trinajstić information content (AvgIpc) is 2.84. The number of carboxylic acid groups (broad SMARTS) is 1. The van der Waals surface area contributed by atoms with Crippen LogP contribution < -0.4 is 5.32 Å². The van der Waals surface area contributed by atoms with E-state index in [9.17, 15) is 14.7 Å². The quantitative estimate of drug-likeness (QED) is 0.804. The van der Waals surface area contributed by atoms with Gasteiger partial charge < -0.3 is 14.8 Å². The highest BCUT2D eigenvalue weighted by molar-refractivity contribution is 7.97. The fourth-order valence-corrected chi connectivity index (χ4v) is 2.22. The standard InChI is InChI=1S/C13H19NO4S/c1-4-13(5-2,12(16)17)14-11(15)10-7-6-9(18-10)8-19-3/h6-7H,4-5,8H2,1-3H3,(H,14,15)(H,16,17). The summed E-state index contributed by atoms with van der Waals surface area (Å²) in [7, 11) is 0. The predicted octanol–water partition coefficient (Wildman–Crippen LogP) is 2.52. The highest BCUT2D eigenvalue weighted by atomic mass is 32.2. The van der Waals surface area contributed by atoms with Crippen molar-refractivity contribution in [1.82, 2.24) is 5.32 Å². The molecule has 19 heavy (non-hydrogen) atoms. The maximum atomic E-state index is 12.0. The van der Waals surface area contributed by atoms with E-state index in [1.807, 2.05) is 6.26 Å². The Kier molecular flexibility index (Phi) is 5.47. The van der Waals surface area contributed by atoms with Gasteiger partial charge in [0.15, 0.2) is 5.76 Å². The van der Waals surface area contributed by atoms with Gasteiger partial charge in [-0.2, -0.15) is 11.8 Å². The summed E-state index contributed by atoms with van der Waals surface area (Å²) in [6, 6.07) is 3.30. The maximum absolute atomic E-state index is 12.0. The van der Waals surface area contributed by atoms with E-state index >= 15 is 0 Å². The fraction of sp³-hybridized carbons (Fsp3) is 0.538. The first kappa shape index (κ1) is 15.6. The summed E-state index contributed by atoms with van der Waals surface area (Å²) >= 11 is 1.59.